The summed E-state index contributed by atoms with van der Waals surface area (Å²) in [6.07, 6.45) is 2.98. The number of hydrogen-bond donors (Lipinski definition) is 1. The van der Waals surface area contributed by atoms with Crippen LogP contribution in [0.5, 0.6) is 0 Å². The maximum atomic E-state index is 4.64. The largest absolute Gasteiger partial charge is 0.361 e. The summed E-state index contributed by atoms with van der Waals surface area (Å²) in [6, 6.07) is 11.1. The Labute approximate surface area is 127 Å². The van der Waals surface area contributed by atoms with Crippen LogP contribution in [0, 0.1) is 6.92 Å². The molecule has 2 heterocycles. The predicted octanol–water partition coefficient (Wildman–Crippen LogP) is 3.26. The predicted molar refractivity (Wildman–Crippen MR) is 87.5 cm³/mol. The van der Waals surface area contributed by atoms with E-state index in [0.717, 1.165) is 28.9 Å². The molecular formula is C15H17N3S2. The van der Waals surface area contributed by atoms with Gasteiger partial charge in [0.05, 0.1) is 11.6 Å². The first-order valence-corrected chi connectivity index (χ1v) is 8.49. The molecule has 1 fully saturated rings. The van der Waals surface area contributed by atoms with Gasteiger partial charge in [0.25, 0.3) is 0 Å². The van der Waals surface area contributed by atoms with Gasteiger partial charge in [-0.05, 0) is 18.9 Å². The molecule has 1 aliphatic rings. The quantitative estimate of drug-likeness (QED) is 0.942. The number of thioether (sulfide) groups is 1. The highest BCUT2D eigenvalue weighted by Gasteiger charge is 2.20. The molecular weight excluding hydrogens is 286 g/mol. The molecule has 1 aromatic carbocycles. The van der Waals surface area contributed by atoms with Gasteiger partial charge in [-0.15, -0.1) is 11.3 Å². The number of aromatic nitrogens is 1. The van der Waals surface area contributed by atoms with E-state index in [1.54, 1.807) is 11.3 Å². The third-order valence-electron chi connectivity index (χ3n) is 3.12. The first-order valence-electron chi connectivity index (χ1n) is 6.68. The smallest absolute Gasteiger partial charge is 0.157 e. The van der Waals surface area contributed by atoms with Crippen LogP contribution in [0.25, 0.3) is 0 Å². The lowest BCUT2D eigenvalue weighted by molar-refractivity contribution is 0.686. The van der Waals surface area contributed by atoms with E-state index in [2.05, 4.69) is 45.6 Å². The lowest BCUT2D eigenvalue weighted by Crippen LogP contribution is -2.28. The van der Waals surface area contributed by atoms with E-state index < -0.39 is 0 Å². The lowest BCUT2D eigenvalue weighted by Gasteiger charge is -2.09. The number of nitrogens with one attached hydrogen (secondary N) is 1. The highest BCUT2D eigenvalue weighted by Crippen LogP contribution is 2.19. The fraction of sp³-hybridized carbons (Fsp3) is 0.333. The highest BCUT2D eigenvalue weighted by atomic mass is 32.2. The Balaban J connectivity index is 1.54. The minimum absolute atomic E-state index is 0.490. The second-order valence-electron chi connectivity index (χ2n) is 4.81. The zero-order valence-corrected chi connectivity index (χ0v) is 13.0. The number of amidine groups is 1. The molecule has 0 radical (unpaired) electrons. The Kier molecular flexibility index (Phi) is 4.38. The van der Waals surface area contributed by atoms with E-state index in [1.165, 1.54) is 10.4 Å². The van der Waals surface area contributed by atoms with Crippen molar-refractivity contribution in [1.82, 2.24) is 10.3 Å². The second-order valence-corrected chi connectivity index (χ2v) is 7.14. The summed E-state index contributed by atoms with van der Waals surface area (Å²) >= 11 is 3.54. The summed E-state index contributed by atoms with van der Waals surface area (Å²) in [5.74, 6) is 1.09. The first kappa shape index (κ1) is 13.6. The average molecular weight is 303 g/mol. The van der Waals surface area contributed by atoms with Crippen LogP contribution in [-0.2, 0) is 13.0 Å². The molecule has 0 saturated carbocycles. The van der Waals surface area contributed by atoms with Gasteiger partial charge >= 0.3 is 0 Å². The van der Waals surface area contributed by atoms with Gasteiger partial charge in [-0.3, -0.25) is 4.99 Å². The fourth-order valence-electron chi connectivity index (χ4n) is 2.17. The molecule has 20 heavy (non-hydrogen) atoms. The van der Waals surface area contributed by atoms with Crippen molar-refractivity contribution in [2.45, 2.75) is 25.9 Å². The highest BCUT2D eigenvalue weighted by molar-refractivity contribution is 8.14. The Hall–Kier alpha value is -1.33. The van der Waals surface area contributed by atoms with Gasteiger partial charge in [-0.25, -0.2) is 4.98 Å². The number of thiazole rings is 1. The molecule has 5 heteroatoms. The van der Waals surface area contributed by atoms with E-state index in [-0.39, 0.29) is 0 Å². The maximum absolute atomic E-state index is 4.64. The molecule has 1 unspecified atom stereocenters. The molecule has 0 spiro atoms. The van der Waals surface area contributed by atoms with Crippen LogP contribution in [0.15, 0.2) is 41.5 Å². The van der Waals surface area contributed by atoms with E-state index in [1.807, 2.05) is 24.9 Å². The molecule has 0 amide bonds. The zero-order chi connectivity index (χ0) is 13.8. The van der Waals surface area contributed by atoms with Crippen molar-refractivity contribution in [2.75, 3.05) is 5.75 Å². The summed E-state index contributed by atoms with van der Waals surface area (Å²) in [4.78, 5) is 10.1. The Morgan fingerprint density at radius 2 is 2.20 bits per heavy atom. The van der Waals surface area contributed by atoms with Crippen LogP contribution >= 0.6 is 23.1 Å². The molecule has 0 aliphatic carbocycles. The molecule has 1 aromatic heterocycles. The second kappa shape index (κ2) is 6.41. The monoisotopic (exact) mass is 303 g/mol. The molecule has 2 aromatic rings. The minimum Gasteiger partial charge on any atom is -0.361 e. The Morgan fingerprint density at radius 1 is 1.35 bits per heavy atom. The van der Waals surface area contributed by atoms with Crippen LogP contribution in [0.2, 0.25) is 0 Å². The molecule has 1 aliphatic heterocycles. The summed E-state index contributed by atoms with van der Waals surface area (Å²) in [7, 11) is 0. The van der Waals surface area contributed by atoms with Crippen molar-refractivity contribution in [1.29, 1.82) is 0 Å². The Bertz CT molecular complexity index is 592. The summed E-state index contributed by atoms with van der Waals surface area (Å²) in [6.45, 7) is 2.76. The fourth-order valence-corrected chi connectivity index (χ4v) is 3.85. The third kappa shape index (κ3) is 3.61. The number of aryl methyl sites for hydroxylation is 1. The van der Waals surface area contributed by atoms with Crippen LogP contribution in [-0.4, -0.2) is 21.9 Å². The molecule has 3 rings (SSSR count). The van der Waals surface area contributed by atoms with Crippen molar-refractivity contribution in [3.8, 4) is 0 Å². The zero-order valence-electron chi connectivity index (χ0n) is 11.4. The molecule has 104 valence electrons. The van der Waals surface area contributed by atoms with Crippen LogP contribution in [0.4, 0.5) is 0 Å². The average Bonchev–Trinajstić information content (AvgIpc) is 3.07. The van der Waals surface area contributed by atoms with E-state index in [9.17, 15) is 0 Å². The summed E-state index contributed by atoms with van der Waals surface area (Å²) < 4.78 is 0. The van der Waals surface area contributed by atoms with E-state index in [0.29, 0.717) is 6.04 Å². The Morgan fingerprint density at radius 3 is 2.95 bits per heavy atom. The topological polar surface area (TPSA) is 37.3 Å². The van der Waals surface area contributed by atoms with E-state index >= 15 is 0 Å². The van der Waals surface area contributed by atoms with Crippen LogP contribution in [0.3, 0.4) is 0 Å². The van der Waals surface area contributed by atoms with Gasteiger partial charge in [-0.2, -0.15) is 0 Å². The van der Waals surface area contributed by atoms with Crippen LogP contribution in [0.1, 0.15) is 15.4 Å². The van der Waals surface area contributed by atoms with Gasteiger partial charge in [0.1, 0.15) is 0 Å². The standard InChI is InChI=1S/C15H17N3S2/c1-11-16-8-14(20-11)9-17-15-18-13(10-19-15)7-12-5-3-2-4-6-12/h2-6,8,13H,7,9-10H2,1H3,(H,17,18). The molecule has 1 saturated heterocycles. The van der Waals surface area contributed by atoms with Gasteiger partial charge in [0.15, 0.2) is 5.17 Å². The van der Waals surface area contributed by atoms with Crippen molar-refractivity contribution >= 4 is 28.3 Å². The van der Waals surface area contributed by atoms with Crippen LogP contribution < -0.4 is 5.32 Å². The molecule has 1 N–H and O–H groups in total. The molecule has 3 nitrogen and oxygen atoms in total. The SMILES string of the molecule is Cc1ncc(CN=C2NC(Cc3ccccc3)CS2)s1. The third-order valence-corrected chi connectivity index (χ3v) is 5.11. The van der Waals surface area contributed by atoms with Gasteiger partial charge in [-0.1, -0.05) is 42.1 Å². The van der Waals surface area contributed by atoms with Crippen molar-refractivity contribution < 1.29 is 0 Å². The van der Waals surface area contributed by atoms with Gasteiger partial charge < -0.3 is 5.32 Å². The number of hydrogen-bond acceptors (Lipinski definition) is 4. The first-order chi connectivity index (χ1) is 9.79. The number of nitrogens with zero attached hydrogens (tertiary/aromatic N) is 2. The lowest BCUT2D eigenvalue weighted by atomic mass is 10.1. The molecule has 0 bridgehead atoms. The number of benzene rings is 1. The minimum atomic E-state index is 0.490. The number of rotatable bonds is 4. The van der Waals surface area contributed by atoms with Gasteiger partial charge in [0.2, 0.25) is 0 Å². The number of aliphatic imine (C=N–C) groups is 1. The normalized spacial score (nSPS) is 20.2. The van der Waals surface area contributed by atoms with Gasteiger partial charge in [0, 0.05) is 22.9 Å². The summed E-state index contributed by atoms with van der Waals surface area (Å²) in [5.41, 5.74) is 1.38. The summed E-state index contributed by atoms with van der Waals surface area (Å²) in [5, 5.41) is 5.69. The van der Waals surface area contributed by atoms with Crippen molar-refractivity contribution in [3.63, 3.8) is 0 Å². The van der Waals surface area contributed by atoms with Crippen molar-refractivity contribution in [2.24, 2.45) is 4.99 Å². The maximum Gasteiger partial charge on any atom is 0.157 e. The van der Waals surface area contributed by atoms with E-state index in [4.69, 9.17) is 0 Å². The molecule has 1 atom stereocenters. The van der Waals surface area contributed by atoms with Crippen molar-refractivity contribution in [3.05, 3.63) is 52.0 Å².